The van der Waals surface area contributed by atoms with Crippen LogP contribution >= 0.6 is 0 Å². The Bertz CT molecular complexity index is 850. The number of hydrogen-bond donors (Lipinski definition) is 1. The Hall–Kier alpha value is -2.54. The average Bonchev–Trinajstić information content (AvgIpc) is 2.80. The number of aryl methyl sites for hydroxylation is 1. The molecular weight excluding hydrogens is 357 g/mol. The van der Waals surface area contributed by atoms with Gasteiger partial charge < -0.3 is 15.0 Å². The third kappa shape index (κ3) is 4.42. The number of methoxy groups -OCH3 is 1. The van der Waals surface area contributed by atoms with E-state index in [0.29, 0.717) is 5.69 Å². The van der Waals surface area contributed by atoms with Crippen LogP contribution in [0, 0.1) is 0 Å². The molecule has 1 heterocycles. The smallest absolute Gasteiger partial charge is 0.419 e. The molecule has 1 amide bonds. The number of rotatable bonds is 3. The van der Waals surface area contributed by atoms with E-state index < -0.39 is 17.6 Å². The standard InChI is InChI=1S/C20H21F3N2O2/c1-25-9-3-4-13-5-7-16(10-15(13)12-25)24-19(26)14-6-8-18(27-2)17(11-14)20(21,22)23/h5-8,10-11H,3-4,9,12H2,1-2H3,(H,24,26). The van der Waals surface area contributed by atoms with Gasteiger partial charge in [-0.05, 0) is 67.9 Å². The van der Waals surface area contributed by atoms with Crippen molar-refractivity contribution in [1.82, 2.24) is 4.90 Å². The van der Waals surface area contributed by atoms with Gasteiger partial charge in [0.05, 0.1) is 12.7 Å². The first-order valence-electron chi connectivity index (χ1n) is 8.65. The highest BCUT2D eigenvalue weighted by Crippen LogP contribution is 2.36. The fraction of sp³-hybridized carbons (Fsp3) is 0.350. The van der Waals surface area contributed by atoms with E-state index in [1.165, 1.54) is 11.6 Å². The molecule has 27 heavy (non-hydrogen) atoms. The molecule has 1 aliphatic heterocycles. The summed E-state index contributed by atoms with van der Waals surface area (Å²) in [5, 5.41) is 2.69. The summed E-state index contributed by atoms with van der Waals surface area (Å²) in [4.78, 5) is 14.7. The molecular formula is C20H21F3N2O2. The highest BCUT2D eigenvalue weighted by molar-refractivity contribution is 6.04. The molecule has 4 nitrogen and oxygen atoms in total. The average molecular weight is 378 g/mol. The first-order valence-corrected chi connectivity index (χ1v) is 8.65. The fourth-order valence-corrected chi connectivity index (χ4v) is 3.28. The molecule has 0 spiro atoms. The summed E-state index contributed by atoms with van der Waals surface area (Å²) in [6, 6.07) is 8.94. The van der Waals surface area contributed by atoms with Gasteiger partial charge in [-0.25, -0.2) is 0 Å². The van der Waals surface area contributed by atoms with E-state index in [-0.39, 0.29) is 11.3 Å². The van der Waals surface area contributed by atoms with E-state index >= 15 is 0 Å². The molecule has 0 fully saturated rings. The fourth-order valence-electron chi connectivity index (χ4n) is 3.28. The van der Waals surface area contributed by atoms with Crippen molar-refractivity contribution in [2.45, 2.75) is 25.6 Å². The van der Waals surface area contributed by atoms with Gasteiger partial charge in [0, 0.05) is 17.8 Å². The minimum atomic E-state index is -4.60. The zero-order valence-electron chi connectivity index (χ0n) is 15.2. The van der Waals surface area contributed by atoms with Gasteiger partial charge in [-0.2, -0.15) is 13.2 Å². The molecule has 2 aromatic carbocycles. The first-order chi connectivity index (χ1) is 12.8. The summed E-state index contributed by atoms with van der Waals surface area (Å²) in [5.74, 6) is -0.905. The number of amides is 1. The van der Waals surface area contributed by atoms with Crippen molar-refractivity contribution >= 4 is 11.6 Å². The number of nitrogens with one attached hydrogen (secondary N) is 1. The highest BCUT2D eigenvalue weighted by atomic mass is 19.4. The zero-order valence-corrected chi connectivity index (χ0v) is 15.2. The van der Waals surface area contributed by atoms with Crippen molar-refractivity contribution in [3.63, 3.8) is 0 Å². The Morgan fingerprint density at radius 1 is 1.15 bits per heavy atom. The van der Waals surface area contributed by atoms with Gasteiger partial charge >= 0.3 is 6.18 Å². The van der Waals surface area contributed by atoms with Crippen LogP contribution in [0.5, 0.6) is 5.75 Å². The Kier molecular flexibility index (Phi) is 5.41. The van der Waals surface area contributed by atoms with Gasteiger partial charge in [0.25, 0.3) is 5.91 Å². The maximum atomic E-state index is 13.2. The molecule has 7 heteroatoms. The van der Waals surface area contributed by atoms with Crippen LogP contribution in [0.25, 0.3) is 0 Å². The summed E-state index contributed by atoms with van der Waals surface area (Å²) in [6.07, 6.45) is -2.56. The van der Waals surface area contributed by atoms with E-state index in [9.17, 15) is 18.0 Å². The lowest BCUT2D eigenvalue weighted by molar-refractivity contribution is -0.138. The van der Waals surface area contributed by atoms with Crippen molar-refractivity contribution < 1.29 is 22.7 Å². The molecule has 0 bridgehead atoms. The molecule has 0 saturated heterocycles. The van der Waals surface area contributed by atoms with Gasteiger partial charge in [-0.1, -0.05) is 6.07 Å². The van der Waals surface area contributed by atoms with Crippen LogP contribution in [0.1, 0.15) is 33.5 Å². The second-order valence-electron chi connectivity index (χ2n) is 6.69. The van der Waals surface area contributed by atoms with Gasteiger partial charge in [-0.15, -0.1) is 0 Å². The molecule has 0 radical (unpaired) electrons. The Morgan fingerprint density at radius 2 is 1.93 bits per heavy atom. The number of ether oxygens (including phenoxy) is 1. The van der Waals surface area contributed by atoms with Crippen LogP contribution in [0.3, 0.4) is 0 Å². The van der Waals surface area contributed by atoms with Crippen molar-refractivity contribution in [2.75, 3.05) is 26.0 Å². The number of halogens is 3. The molecule has 1 N–H and O–H groups in total. The number of alkyl halides is 3. The first kappa shape index (κ1) is 19.2. The molecule has 144 valence electrons. The van der Waals surface area contributed by atoms with Crippen LogP contribution in [0.15, 0.2) is 36.4 Å². The summed E-state index contributed by atoms with van der Waals surface area (Å²) in [6.45, 7) is 1.78. The Morgan fingerprint density at radius 3 is 2.63 bits per heavy atom. The summed E-state index contributed by atoms with van der Waals surface area (Å²) >= 11 is 0. The van der Waals surface area contributed by atoms with Crippen LogP contribution in [0.4, 0.5) is 18.9 Å². The lowest BCUT2D eigenvalue weighted by atomic mass is 10.0. The van der Waals surface area contributed by atoms with Gasteiger partial charge in [0.2, 0.25) is 0 Å². The minimum Gasteiger partial charge on any atom is -0.496 e. The number of carbonyl (C=O) groups is 1. The van der Waals surface area contributed by atoms with Gasteiger partial charge in [0.15, 0.2) is 0 Å². The number of anilines is 1. The molecule has 0 atom stereocenters. The summed E-state index contributed by atoms with van der Waals surface area (Å²) in [5.41, 5.74) is 1.88. The second kappa shape index (κ2) is 7.60. The quantitative estimate of drug-likeness (QED) is 0.864. The zero-order chi connectivity index (χ0) is 19.6. The van der Waals surface area contributed by atoms with E-state index in [4.69, 9.17) is 4.74 Å². The minimum absolute atomic E-state index is 0.0739. The Balaban J connectivity index is 1.84. The SMILES string of the molecule is COc1ccc(C(=O)Nc2ccc3c(c2)CN(C)CCC3)cc1C(F)(F)F. The lowest BCUT2D eigenvalue weighted by Crippen LogP contribution is -2.17. The number of hydrogen-bond acceptors (Lipinski definition) is 3. The molecule has 0 unspecified atom stereocenters. The molecule has 0 saturated carbocycles. The second-order valence-corrected chi connectivity index (χ2v) is 6.69. The van der Waals surface area contributed by atoms with E-state index in [1.54, 1.807) is 6.07 Å². The Labute approximate surface area is 155 Å². The normalized spacial score (nSPS) is 15.0. The van der Waals surface area contributed by atoms with E-state index in [0.717, 1.165) is 50.7 Å². The predicted octanol–water partition coefficient (Wildman–Crippen LogP) is 4.34. The van der Waals surface area contributed by atoms with Gasteiger partial charge in [0.1, 0.15) is 5.75 Å². The van der Waals surface area contributed by atoms with Crippen molar-refractivity contribution in [2.24, 2.45) is 0 Å². The predicted molar refractivity (Wildman–Crippen MR) is 97.0 cm³/mol. The molecule has 0 aromatic heterocycles. The number of fused-ring (bicyclic) bond motifs is 1. The monoisotopic (exact) mass is 378 g/mol. The van der Waals surface area contributed by atoms with E-state index in [1.807, 2.05) is 19.2 Å². The topological polar surface area (TPSA) is 41.6 Å². The van der Waals surface area contributed by atoms with Crippen molar-refractivity contribution in [3.05, 3.63) is 58.7 Å². The summed E-state index contributed by atoms with van der Waals surface area (Å²) < 4.78 is 44.2. The highest BCUT2D eigenvalue weighted by Gasteiger charge is 2.35. The lowest BCUT2D eigenvalue weighted by Gasteiger charge is -2.15. The van der Waals surface area contributed by atoms with Crippen LogP contribution in [-0.2, 0) is 19.1 Å². The largest absolute Gasteiger partial charge is 0.496 e. The number of benzene rings is 2. The number of nitrogens with zero attached hydrogens (tertiary/aromatic N) is 1. The molecule has 1 aliphatic rings. The van der Waals surface area contributed by atoms with Crippen LogP contribution in [0.2, 0.25) is 0 Å². The number of carbonyl (C=O) groups excluding carboxylic acids is 1. The maximum Gasteiger partial charge on any atom is 0.419 e. The van der Waals surface area contributed by atoms with Crippen LogP contribution < -0.4 is 10.1 Å². The third-order valence-corrected chi connectivity index (χ3v) is 4.66. The summed E-state index contributed by atoms with van der Waals surface area (Å²) in [7, 11) is 3.20. The molecule has 2 aromatic rings. The van der Waals surface area contributed by atoms with Crippen molar-refractivity contribution in [1.29, 1.82) is 0 Å². The van der Waals surface area contributed by atoms with Crippen molar-refractivity contribution in [3.8, 4) is 5.75 Å². The van der Waals surface area contributed by atoms with Gasteiger partial charge in [-0.3, -0.25) is 4.79 Å². The molecule has 0 aliphatic carbocycles. The van der Waals surface area contributed by atoms with Crippen LogP contribution in [-0.4, -0.2) is 31.5 Å². The maximum absolute atomic E-state index is 13.2. The van der Waals surface area contributed by atoms with E-state index in [2.05, 4.69) is 10.2 Å². The third-order valence-electron chi connectivity index (χ3n) is 4.66. The molecule has 3 rings (SSSR count).